The number of rotatable bonds is 7. The number of ether oxygens (including phenoxy) is 1. The molecule has 1 N–H and O–H groups in total. The fraction of sp³-hybridized carbons (Fsp3) is 0.789. The van der Waals surface area contributed by atoms with E-state index in [9.17, 15) is 4.79 Å². The van der Waals surface area contributed by atoms with E-state index in [1.54, 1.807) is 0 Å². The van der Waals surface area contributed by atoms with Gasteiger partial charge in [0.1, 0.15) is 0 Å². The van der Waals surface area contributed by atoms with Crippen molar-refractivity contribution in [2.45, 2.75) is 58.2 Å². The van der Waals surface area contributed by atoms with Crippen molar-refractivity contribution in [2.24, 2.45) is 11.8 Å². The molecule has 3 aliphatic rings. The van der Waals surface area contributed by atoms with Gasteiger partial charge in [0.25, 0.3) is 0 Å². The molecule has 1 aromatic rings. The Labute approximate surface area is 149 Å². The molecule has 0 unspecified atom stereocenters. The van der Waals surface area contributed by atoms with E-state index in [1.807, 2.05) is 11.6 Å². The van der Waals surface area contributed by atoms with Crippen LogP contribution in [0.5, 0.6) is 0 Å². The first-order chi connectivity index (χ1) is 12.1. The number of carbonyl (C=O) groups excluding carboxylic acids is 1. The number of morpholine rings is 1. The highest BCUT2D eigenvalue weighted by Gasteiger charge is 2.42. The van der Waals surface area contributed by atoms with E-state index < -0.39 is 0 Å². The Hall–Kier alpha value is -1.40. The minimum Gasteiger partial charge on any atom is -0.374 e. The highest BCUT2D eigenvalue weighted by Crippen LogP contribution is 2.44. The number of nitrogens with zero attached hydrogens (tertiary/aromatic N) is 3. The van der Waals surface area contributed by atoms with Crippen LogP contribution in [0.25, 0.3) is 0 Å². The van der Waals surface area contributed by atoms with Gasteiger partial charge in [-0.2, -0.15) is 5.10 Å². The van der Waals surface area contributed by atoms with E-state index in [0.717, 1.165) is 42.9 Å². The highest BCUT2D eigenvalue weighted by molar-refractivity contribution is 5.78. The predicted octanol–water partition coefficient (Wildman–Crippen LogP) is 1.51. The van der Waals surface area contributed by atoms with Crippen molar-refractivity contribution in [3.05, 3.63) is 17.5 Å². The fourth-order valence-corrected chi connectivity index (χ4v) is 4.05. The van der Waals surface area contributed by atoms with Crippen molar-refractivity contribution in [1.82, 2.24) is 20.0 Å². The zero-order chi connectivity index (χ0) is 17.4. The topological polar surface area (TPSA) is 59.4 Å². The summed E-state index contributed by atoms with van der Waals surface area (Å²) in [5.41, 5.74) is 2.20. The van der Waals surface area contributed by atoms with Gasteiger partial charge in [0.15, 0.2) is 0 Å². The zero-order valence-electron chi connectivity index (χ0n) is 15.4. The lowest BCUT2D eigenvalue weighted by Gasteiger charge is -2.33. The Morgan fingerprint density at radius 3 is 2.64 bits per heavy atom. The maximum absolute atomic E-state index is 12.5. The van der Waals surface area contributed by atoms with Crippen LogP contribution < -0.4 is 5.32 Å². The van der Waals surface area contributed by atoms with Gasteiger partial charge in [-0.1, -0.05) is 0 Å². The van der Waals surface area contributed by atoms with Crippen LogP contribution in [-0.4, -0.2) is 59.0 Å². The largest absolute Gasteiger partial charge is 0.374 e. The Bertz CT molecular complexity index is 609. The van der Waals surface area contributed by atoms with Crippen LogP contribution in [0.15, 0.2) is 6.07 Å². The molecular weight excluding hydrogens is 316 g/mol. The highest BCUT2D eigenvalue weighted by atomic mass is 16.5. The molecule has 6 heteroatoms. The molecule has 2 saturated carbocycles. The van der Waals surface area contributed by atoms with Gasteiger partial charge in [-0.25, -0.2) is 0 Å². The first kappa shape index (κ1) is 17.0. The fourth-order valence-electron chi connectivity index (χ4n) is 4.05. The van der Waals surface area contributed by atoms with Crippen LogP contribution in [0.2, 0.25) is 0 Å². The summed E-state index contributed by atoms with van der Waals surface area (Å²) >= 11 is 0. The molecule has 1 amide bonds. The smallest absolute Gasteiger partial charge is 0.234 e. The molecule has 6 nitrogen and oxygen atoms in total. The van der Waals surface area contributed by atoms with Crippen LogP contribution in [0.1, 0.15) is 37.1 Å². The van der Waals surface area contributed by atoms with E-state index in [2.05, 4.69) is 28.3 Å². The maximum atomic E-state index is 12.5. The number of aryl methyl sites for hydroxylation is 2. The third-order valence-corrected chi connectivity index (χ3v) is 5.66. The van der Waals surface area contributed by atoms with Crippen molar-refractivity contribution in [3.63, 3.8) is 0 Å². The average Bonchev–Trinajstić information content (AvgIpc) is 3.46. The molecule has 1 atom stereocenters. The van der Waals surface area contributed by atoms with Gasteiger partial charge in [-0.15, -0.1) is 0 Å². The first-order valence-electron chi connectivity index (χ1n) is 9.73. The summed E-state index contributed by atoms with van der Waals surface area (Å²) in [7, 11) is 0. The van der Waals surface area contributed by atoms with Crippen LogP contribution in [0.4, 0.5) is 0 Å². The molecule has 1 aromatic heterocycles. The second-order valence-electron chi connectivity index (χ2n) is 8.11. The summed E-state index contributed by atoms with van der Waals surface area (Å²) < 4.78 is 7.91. The SMILES string of the molecule is Cc1cc(C)n(C[C@H]2CN(CC(=O)NC(C3CC3)C3CC3)CCO2)n1. The minimum atomic E-state index is 0.0993. The van der Waals surface area contributed by atoms with Crippen molar-refractivity contribution >= 4 is 5.91 Å². The molecule has 0 bridgehead atoms. The van der Waals surface area contributed by atoms with Crippen molar-refractivity contribution in [1.29, 1.82) is 0 Å². The van der Waals surface area contributed by atoms with Crippen molar-refractivity contribution in [2.75, 3.05) is 26.2 Å². The Kier molecular flexibility index (Phi) is 4.82. The Balaban J connectivity index is 1.27. The Morgan fingerprint density at radius 2 is 2.04 bits per heavy atom. The molecule has 138 valence electrons. The number of hydrogen-bond acceptors (Lipinski definition) is 4. The third kappa shape index (κ3) is 4.42. The number of nitrogens with one attached hydrogen (secondary N) is 1. The monoisotopic (exact) mass is 346 g/mol. The summed E-state index contributed by atoms with van der Waals surface area (Å²) in [6.07, 6.45) is 5.28. The van der Waals surface area contributed by atoms with Gasteiger partial charge in [-0.3, -0.25) is 14.4 Å². The second-order valence-corrected chi connectivity index (χ2v) is 8.11. The molecule has 0 spiro atoms. The summed E-state index contributed by atoms with van der Waals surface area (Å²) in [5.74, 6) is 1.69. The van der Waals surface area contributed by atoms with Crippen LogP contribution >= 0.6 is 0 Å². The average molecular weight is 346 g/mol. The van der Waals surface area contributed by atoms with Crippen molar-refractivity contribution in [3.8, 4) is 0 Å². The maximum Gasteiger partial charge on any atom is 0.234 e. The lowest BCUT2D eigenvalue weighted by atomic mass is 10.1. The summed E-state index contributed by atoms with van der Waals surface area (Å²) in [5, 5.41) is 7.85. The number of hydrogen-bond donors (Lipinski definition) is 1. The van der Waals surface area contributed by atoms with Crippen molar-refractivity contribution < 1.29 is 9.53 Å². The normalized spacial score (nSPS) is 24.7. The van der Waals surface area contributed by atoms with E-state index in [-0.39, 0.29) is 12.0 Å². The molecule has 0 radical (unpaired) electrons. The summed E-state index contributed by atoms with van der Waals surface area (Å²) in [6.45, 7) is 7.65. The summed E-state index contributed by atoms with van der Waals surface area (Å²) in [4.78, 5) is 14.7. The standard InChI is InChI=1S/C19H30N4O2/c1-13-9-14(2)23(21-13)11-17-10-22(7-8-25-17)12-18(24)20-19(15-3-4-15)16-5-6-16/h9,15-17,19H,3-8,10-12H2,1-2H3,(H,20,24)/t17-/m1/s1. The van der Waals surface area contributed by atoms with E-state index in [0.29, 0.717) is 19.2 Å². The number of carbonyl (C=O) groups is 1. The lowest BCUT2D eigenvalue weighted by molar-refractivity contribution is -0.125. The van der Waals surface area contributed by atoms with Gasteiger partial charge >= 0.3 is 0 Å². The number of aromatic nitrogens is 2. The molecule has 2 aliphatic carbocycles. The molecule has 1 aliphatic heterocycles. The predicted molar refractivity (Wildman–Crippen MR) is 95.3 cm³/mol. The lowest BCUT2D eigenvalue weighted by Crippen LogP contribution is -2.50. The summed E-state index contributed by atoms with van der Waals surface area (Å²) in [6, 6.07) is 2.53. The van der Waals surface area contributed by atoms with Gasteiger partial charge in [0, 0.05) is 24.8 Å². The number of amides is 1. The van der Waals surface area contributed by atoms with Crippen LogP contribution in [0.3, 0.4) is 0 Å². The van der Waals surface area contributed by atoms with E-state index in [1.165, 1.54) is 25.7 Å². The molecule has 3 fully saturated rings. The second kappa shape index (κ2) is 7.08. The van der Waals surface area contributed by atoms with Gasteiger partial charge in [0.2, 0.25) is 5.91 Å². The van der Waals surface area contributed by atoms with Gasteiger partial charge in [0.05, 0.1) is 31.5 Å². The Morgan fingerprint density at radius 1 is 1.32 bits per heavy atom. The molecular formula is C19H30N4O2. The van der Waals surface area contributed by atoms with Gasteiger partial charge < -0.3 is 10.1 Å². The molecule has 1 saturated heterocycles. The third-order valence-electron chi connectivity index (χ3n) is 5.66. The first-order valence-corrected chi connectivity index (χ1v) is 9.73. The van der Waals surface area contributed by atoms with E-state index in [4.69, 9.17) is 4.74 Å². The molecule has 4 rings (SSSR count). The van der Waals surface area contributed by atoms with Gasteiger partial charge in [-0.05, 0) is 57.4 Å². The molecule has 25 heavy (non-hydrogen) atoms. The molecule has 2 heterocycles. The zero-order valence-corrected chi connectivity index (χ0v) is 15.4. The van der Waals surface area contributed by atoms with Crippen LogP contribution in [-0.2, 0) is 16.1 Å². The minimum absolute atomic E-state index is 0.0993. The quantitative estimate of drug-likeness (QED) is 0.813. The van der Waals surface area contributed by atoms with E-state index >= 15 is 0 Å². The molecule has 0 aromatic carbocycles. The van der Waals surface area contributed by atoms with Crippen LogP contribution in [0, 0.1) is 25.7 Å².